The van der Waals surface area contributed by atoms with Crippen molar-refractivity contribution in [3.05, 3.63) is 12.1 Å². The summed E-state index contributed by atoms with van der Waals surface area (Å²) in [6.07, 6.45) is 0.537. The number of carbonyl (C=O) groups is 1. The Morgan fingerprint density at radius 2 is 2.05 bits per heavy atom. The van der Waals surface area contributed by atoms with E-state index < -0.39 is 5.54 Å². The maximum Gasteiger partial charge on any atom is 0.252 e. The highest BCUT2D eigenvalue weighted by molar-refractivity contribution is 6.07. The molecule has 0 saturated heterocycles. The molecule has 1 aromatic carbocycles. The Labute approximate surface area is 117 Å². The van der Waals surface area contributed by atoms with Gasteiger partial charge in [0.05, 0.1) is 11.4 Å². The van der Waals surface area contributed by atoms with E-state index in [1.807, 2.05) is 26.0 Å². The summed E-state index contributed by atoms with van der Waals surface area (Å²) in [4.78, 5) is 14.2. The van der Waals surface area contributed by atoms with Crippen molar-refractivity contribution in [1.29, 1.82) is 0 Å². The van der Waals surface area contributed by atoms with Crippen LogP contribution in [-0.2, 0) is 4.79 Å². The van der Waals surface area contributed by atoms with Gasteiger partial charge in [-0.3, -0.25) is 4.79 Å². The van der Waals surface area contributed by atoms with Crippen molar-refractivity contribution in [3.8, 4) is 11.5 Å². The fourth-order valence-electron chi connectivity index (χ4n) is 2.54. The average molecular weight is 278 g/mol. The molecule has 0 radical (unpaired) electrons. The van der Waals surface area contributed by atoms with Crippen LogP contribution in [-0.4, -0.2) is 36.5 Å². The SMILES string of the molecule is CC1(C)Nc2cc3c(cc2N(CCCO)C1=O)OCO3. The molecule has 2 N–H and O–H groups in total. The topological polar surface area (TPSA) is 71.0 Å². The van der Waals surface area contributed by atoms with Gasteiger partial charge in [0, 0.05) is 25.3 Å². The average Bonchev–Trinajstić information content (AvgIpc) is 2.84. The largest absolute Gasteiger partial charge is 0.454 e. The predicted molar refractivity (Wildman–Crippen MR) is 74.3 cm³/mol. The summed E-state index contributed by atoms with van der Waals surface area (Å²) in [6.45, 7) is 4.42. The van der Waals surface area contributed by atoms with Crippen molar-refractivity contribution in [1.82, 2.24) is 0 Å². The molecule has 0 spiro atoms. The van der Waals surface area contributed by atoms with Crippen LogP contribution in [0.15, 0.2) is 12.1 Å². The third kappa shape index (κ3) is 1.96. The number of aliphatic hydroxyl groups excluding tert-OH is 1. The molecule has 6 nitrogen and oxygen atoms in total. The molecule has 108 valence electrons. The first-order chi connectivity index (χ1) is 9.53. The molecule has 0 atom stereocenters. The van der Waals surface area contributed by atoms with Crippen LogP contribution in [0.3, 0.4) is 0 Å². The number of hydrogen-bond donors (Lipinski definition) is 2. The maximum atomic E-state index is 12.5. The van der Waals surface area contributed by atoms with E-state index in [1.165, 1.54) is 0 Å². The lowest BCUT2D eigenvalue weighted by Gasteiger charge is -2.40. The number of ether oxygens (including phenoxy) is 2. The molecule has 2 aliphatic rings. The lowest BCUT2D eigenvalue weighted by atomic mass is 9.97. The van der Waals surface area contributed by atoms with Crippen molar-refractivity contribution in [2.75, 3.05) is 30.2 Å². The van der Waals surface area contributed by atoms with Gasteiger partial charge < -0.3 is 24.8 Å². The maximum absolute atomic E-state index is 12.5. The van der Waals surface area contributed by atoms with Crippen molar-refractivity contribution in [2.45, 2.75) is 25.8 Å². The molecule has 0 saturated carbocycles. The van der Waals surface area contributed by atoms with Gasteiger partial charge in [-0.25, -0.2) is 0 Å². The minimum atomic E-state index is -0.684. The van der Waals surface area contributed by atoms with E-state index in [-0.39, 0.29) is 19.3 Å². The Bertz CT molecular complexity index is 556. The van der Waals surface area contributed by atoms with Crippen molar-refractivity contribution in [2.24, 2.45) is 0 Å². The molecular formula is C14H18N2O4. The Morgan fingerprint density at radius 1 is 1.35 bits per heavy atom. The number of anilines is 2. The standard InChI is InChI=1S/C14H18N2O4/c1-14(2)13(18)16(4-3-5-17)10-7-12-11(19-8-20-12)6-9(10)15-14/h6-7,15,17H,3-5,8H2,1-2H3. The Hall–Kier alpha value is -1.95. The number of amides is 1. The number of carbonyl (C=O) groups excluding carboxylic acids is 1. The minimum Gasteiger partial charge on any atom is -0.454 e. The van der Waals surface area contributed by atoms with Crippen LogP contribution in [0.2, 0.25) is 0 Å². The molecule has 2 heterocycles. The summed E-state index contributed by atoms with van der Waals surface area (Å²) in [6, 6.07) is 3.67. The molecule has 0 aliphatic carbocycles. The van der Waals surface area contributed by atoms with Crippen molar-refractivity contribution < 1.29 is 19.4 Å². The molecule has 0 fully saturated rings. The van der Waals surface area contributed by atoms with Crippen LogP contribution in [0.25, 0.3) is 0 Å². The van der Waals surface area contributed by atoms with E-state index in [9.17, 15) is 4.79 Å². The van der Waals surface area contributed by atoms with Gasteiger partial charge in [0.1, 0.15) is 5.54 Å². The normalized spacial score (nSPS) is 18.8. The van der Waals surface area contributed by atoms with Gasteiger partial charge in [0.15, 0.2) is 11.5 Å². The van der Waals surface area contributed by atoms with Gasteiger partial charge in [-0.15, -0.1) is 0 Å². The second kappa shape index (κ2) is 4.56. The Kier molecular flexibility index (Phi) is 2.97. The number of fused-ring (bicyclic) bond motifs is 2. The second-order valence-corrected chi connectivity index (χ2v) is 5.51. The van der Waals surface area contributed by atoms with Gasteiger partial charge in [-0.1, -0.05) is 0 Å². The highest BCUT2D eigenvalue weighted by atomic mass is 16.7. The third-order valence-electron chi connectivity index (χ3n) is 3.55. The van der Waals surface area contributed by atoms with Crippen LogP contribution < -0.4 is 19.7 Å². The van der Waals surface area contributed by atoms with E-state index in [0.717, 1.165) is 11.4 Å². The van der Waals surface area contributed by atoms with Gasteiger partial charge in [-0.05, 0) is 20.3 Å². The van der Waals surface area contributed by atoms with E-state index in [4.69, 9.17) is 14.6 Å². The summed E-state index contributed by atoms with van der Waals surface area (Å²) in [5.41, 5.74) is 0.930. The second-order valence-electron chi connectivity index (χ2n) is 5.51. The fraction of sp³-hybridized carbons (Fsp3) is 0.500. The molecule has 20 heavy (non-hydrogen) atoms. The molecule has 0 bridgehead atoms. The van der Waals surface area contributed by atoms with Crippen LogP contribution in [0.1, 0.15) is 20.3 Å². The van der Waals surface area contributed by atoms with E-state index >= 15 is 0 Å². The zero-order valence-corrected chi connectivity index (χ0v) is 11.6. The molecule has 3 rings (SSSR count). The molecule has 1 aromatic rings. The van der Waals surface area contributed by atoms with Gasteiger partial charge >= 0.3 is 0 Å². The first kappa shape index (κ1) is 13.1. The minimum absolute atomic E-state index is 0.0164. The number of benzene rings is 1. The highest BCUT2D eigenvalue weighted by Crippen LogP contribution is 2.44. The van der Waals surface area contributed by atoms with Crippen LogP contribution in [0.5, 0.6) is 11.5 Å². The summed E-state index contributed by atoms with van der Waals surface area (Å²) >= 11 is 0. The molecule has 0 aromatic heterocycles. The lowest BCUT2D eigenvalue weighted by Crippen LogP contribution is -2.54. The summed E-state index contributed by atoms with van der Waals surface area (Å²) in [5, 5.41) is 12.3. The molecule has 0 unspecified atom stereocenters. The Balaban J connectivity index is 2.05. The highest BCUT2D eigenvalue weighted by Gasteiger charge is 2.39. The molecule has 2 aliphatic heterocycles. The molecular weight excluding hydrogens is 260 g/mol. The van der Waals surface area contributed by atoms with Gasteiger partial charge in [0.25, 0.3) is 5.91 Å². The van der Waals surface area contributed by atoms with Gasteiger partial charge in [0.2, 0.25) is 6.79 Å². The number of aliphatic hydroxyl groups is 1. The molecule has 6 heteroatoms. The van der Waals surface area contributed by atoms with Gasteiger partial charge in [-0.2, -0.15) is 0 Å². The fourth-order valence-corrected chi connectivity index (χ4v) is 2.54. The lowest BCUT2D eigenvalue weighted by molar-refractivity contribution is -0.122. The number of rotatable bonds is 3. The predicted octanol–water partition coefficient (Wildman–Crippen LogP) is 1.33. The quantitative estimate of drug-likeness (QED) is 0.873. The summed E-state index contributed by atoms with van der Waals surface area (Å²) in [7, 11) is 0. The zero-order chi connectivity index (χ0) is 14.3. The number of hydrogen-bond acceptors (Lipinski definition) is 5. The van der Waals surface area contributed by atoms with Crippen LogP contribution in [0, 0.1) is 0 Å². The monoisotopic (exact) mass is 278 g/mol. The Morgan fingerprint density at radius 3 is 2.75 bits per heavy atom. The third-order valence-corrected chi connectivity index (χ3v) is 3.55. The van der Waals surface area contributed by atoms with E-state index in [2.05, 4.69) is 5.32 Å². The van der Waals surface area contributed by atoms with Crippen LogP contribution in [0.4, 0.5) is 11.4 Å². The van der Waals surface area contributed by atoms with Crippen molar-refractivity contribution >= 4 is 17.3 Å². The molecule has 1 amide bonds. The van der Waals surface area contributed by atoms with Crippen molar-refractivity contribution in [3.63, 3.8) is 0 Å². The summed E-state index contributed by atoms with van der Waals surface area (Å²) in [5.74, 6) is 1.31. The first-order valence-electron chi connectivity index (χ1n) is 6.67. The van der Waals surface area contributed by atoms with E-state index in [0.29, 0.717) is 24.5 Å². The summed E-state index contributed by atoms with van der Waals surface area (Å²) < 4.78 is 10.7. The first-order valence-corrected chi connectivity index (χ1v) is 6.67. The number of nitrogens with one attached hydrogen (secondary N) is 1. The smallest absolute Gasteiger partial charge is 0.252 e. The van der Waals surface area contributed by atoms with E-state index in [1.54, 1.807) is 4.90 Å². The number of nitrogens with zero attached hydrogens (tertiary/aromatic N) is 1. The zero-order valence-electron chi connectivity index (χ0n) is 11.6. The van der Waals surface area contributed by atoms with Crippen LogP contribution >= 0.6 is 0 Å².